The number of benzene rings is 4. The van der Waals surface area contributed by atoms with Gasteiger partial charge < -0.3 is 33.6 Å². The minimum atomic E-state index is -1.18. The molecule has 68 heavy (non-hydrogen) atoms. The minimum Gasteiger partial charge on any atom is -0.483 e. The summed E-state index contributed by atoms with van der Waals surface area (Å²) >= 11 is 0. The maximum absolute atomic E-state index is 15.1. The molecule has 7 atom stereocenters. The molecule has 10 nitrogen and oxygen atoms in total. The number of fused-ring (bicyclic) bond motifs is 11. The van der Waals surface area contributed by atoms with Gasteiger partial charge in [-0.15, -0.1) is 0 Å². The topological polar surface area (TPSA) is 142 Å². The van der Waals surface area contributed by atoms with Crippen LogP contribution in [0.2, 0.25) is 0 Å². The summed E-state index contributed by atoms with van der Waals surface area (Å²) in [5, 5.41) is 19.9. The SMILES string of the molecule is CC(C)=C1CCc2ccc(cc2)[C@H]2CC[C@H](c3cccc(Cc4ccccc4)c3)C[C@H]2CC(=O)O[C@@H]2c3c(ccc4cc([C@H](CCO)COCO)c(=O)oc34)O[C@@](C)(C3CCCCC3)[C@H]2OC1=O. The van der Waals surface area contributed by atoms with Crippen molar-refractivity contribution in [2.45, 2.75) is 140 Å². The molecular formula is C58H66O10. The average Bonchev–Trinajstić information content (AvgIpc) is 3.34. The Morgan fingerprint density at radius 1 is 0.809 bits per heavy atom. The lowest BCUT2D eigenvalue weighted by Gasteiger charge is -2.50. The molecule has 2 bridgehead atoms. The Labute approximate surface area is 399 Å². The highest BCUT2D eigenvalue weighted by Gasteiger charge is 2.56. The number of hydrogen-bond acceptors (Lipinski definition) is 10. The molecule has 5 aromatic rings. The van der Waals surface area contributed by atoms with Crippen molar-refractivity contribution < 1.29 is 43.2 Å². The number of ether oxygens (including phenoxy) is 4. The molecule has 358 valence electrons. The van der Waals surface area contributed by atoms with Gasteiger partial charge in [0.25, 0.3) is 0 Å². The molecule has 0 radical (unpaired) electrons. The molecule has 0 amide bonds. The highest BCUT2D eigenvalue weighted by atomic mass is 16.6. The van der Waals surface area contributed by atoms with Crippen molar-refractivity contribution in [1.82, 2.24) is 0 Å². The summed E-state index contributed by atoms with van der Waals surface area (Å²) in [5.41, 5.74) is 6.57. The monoisotopic (exact) mass is 922 g/mol. The molecular weight excluding hydrogens is 857 g/mol. The quantitative estimate of drug-likeness (QED) is 0.0602. The van der Waals surface area contributed by atoms with Crippen LogP contribution in [0.25, 0.3) is 11.0 Å². The van der Waals surface area contributed by atoms with Gasteiger partial charge in [0.15, 0.2) is 12.2 Å². The zero-order valence-corrected chi connectivity index (χ0v) is 39.8. The summed E-state index contributed by atoms with van der Waals surface area (Å²) in [6, 6.07) is 33.5. The highest BCUT2D eigenvalue weighted by Crippen LogP contribution is 2.53. The number of aryl methyl sites for hydroxylation is 1. The molecule has 10 rings (SSSR count). The van der Waals surface area contributed by atoms with Crippen LogP contribution in [0.4, 0.5) is 0 Å². The second-order valence-electron chi connectivity index (χ2n) is 20.2. The van der Waals surface area contributed by atoms with E-state index in [9.17, 15) is 19.8 Å². The van der Waals surface area contributed by atoms with Crippen molar-refractivity contribution >= 4 is 22.9 Å². The Hall–Kier alpha value is -5.55. The highest BCUT2D eigenvalue weighted by molar-refractivity contribution is 5.90. The van der Waals surface area contributed by atoms with E-state index in [2.05, 4.69) is 72.8 Å². The Morgan fingerprint density at radius 3 is 2.34 bits per heavy atom. The smallest absolute Gasteiger partial charge is 0.339 e. The zero-order chi connectivity index (χ0) is 47.4. The van der Waals surface area contributed by atoms with Crippen LogP contribution in [-0.4, -0.2) is 53.9 Å². The number of carbonyl (C=O) groups excluding carboxylic acids is 2. The van der Waals surface area contributed by atoms with Gasteiger partial charge in [0.1, 0.15) is 23.7 Å². The lowest BCUT2D eigenvalue weighted by molar-refractivity contribution is -0.201. The molecule has 10 heteroatoms. The van der Waals surface area contributed by atoms with E-state index in [0.717, 1.165) is 68.9 Å². The maximum atomic E-state index is 15.1. The fourth-order valence-corrected chi connectivity index (χ4v) is 11.9. The first-order chi connectivity index (χ1) is 33.0. The lowest BCUT2D eigenvalue weighted by atomic mass is 9.68. The van der Waals surface area contributed by atoms with Crippen molar-refractivity contribution in [3.05, 3.63) is 158 Å². The van der Waals surface area contributed by atoms with Crippen LogP contribution in [0.5, 0.6) is 5.75 Å². The van der Waals surface area contributed by atoms with Gasteiger partial charge in [-0.25, -0.2) is 9.59 Å². The third-order valence-corrected chi connectivity index (χ3v) is 15.6. The minimum absolute atomic E-state index is 0.00178. The molecule has 0 spiro atoms. The van der Waals surface area contributed by atoms with Crippen molar-refractivity contribution in [3.8, 4) is 5.75 Å². The third-order valence-electron chi connectivity index (χ3n) is 15.6. The molecule has 2 aliphatic carbocycles. The van der Waals surface area contributed by atoms with E-state index in [4.69, 9.17) is 23.4 Å². The molecule has 1 aromatic heterocycles. The summed E-state index contributed by atoms with van der Waals surface area (Å²) in [7, 11) is 0. The van der Waals surface area contributed by atoms with Gasteiger partial charge in [-0.05, 0) is 142 Å². The molecule has 2 saturated carbocycles. The summed E-state index contributed by atoms with van der Waals surface area (Å²) in [4.78, 5) is 44.0. The Kier molecular flexibility index (Phi) is 14.7. The predicted octanol–water partition coefficient (Wildman–Crippen LogP) is 11.1. The summed E-state index contributed by atoms with van der Waals surface area (Å²) < 4.78 is 32.3. The first-order valence-corrected chi connectivity index (χ1v) is 24.9. The van der Waals surface area contributed by atoms with Gasteiger partial charge in [0, 0.05) is 41.4 Å². The van der Waals surface area contributed by atoms with E-state index in [-0.39, 0.29) is 60.9 Å². The fraction of sp³-hybridized carbons (Fsp3) is 0.466. The number of hydrogen-bond donors (Lipinski definition) is 2. The predicted molar refractivity (Wildman–Crippen MR) is 261 cm³/mol. The molecule has 3 aliphatic heterocycles. The van der Waals surface area contributed by atoms with Gasteiger partial charge >= 0.3 is 17.6 Å². The Balaban J connectivity index is 1.14. The van der Waals surface area contributed by atoms with Crippen LogP contribution in [0.3, 0.4) is 0 Å². The van der Waals surface area contributed by atoms with E-state index in [0.29, 0.717) is 35.1 Å². The Bertz CT molecular complexity index is 2660. The number of aliphatic hydroxyl groups excluding tert-OH is 2. The van der Waals surface area contributed by atoms with Crippen LogP contribution in [0.1, 0.15) is 154 Å². The molecule has 2 fully saturated rings. The molecule has 4 aromatic carbocycles. The summed E-state index contributed by atoms with van der Waals surface area (Å²) in [5.74, 6) is -0.789. The summed E-state index contributed by atoms with van der Waals surface area (Å²) in [6.45, 7) is 5.09. The van der Waals surface area contributed by atoms with Gasteiger partial charge in [-0.1, -0.05) is 104 Å². The number of aliphatic hydroxyl groups is 2. The van der Waals surface area contributed by atoms with Crippen molar-refractivity contribution in [2.75, 3.05) is 20.0 Å². The van der Waals surface area contributed by atoms with Gasteiger partial charge in [0.05, 0.1) is 12.2 Å². The number of esters is 2. The molecule has 0 saturated heterocycles. The Morgan fingerprint density at radius 2 is 1.59 bits per heavy atom. The maximum Gasteiger partial charge on any atom is 0.339 e. The van der Waals surface area contributed by atoms with Crippen LogP contribution in [0, 0.1) is 11.8 Å². The third kappa shape index (κ3) is 10.1. The van der Waals surface area contributed by atoms with E-state index in [1.165, 1.54) is 22.3 Å². The van der Waals surface area contributed by atoms with E-state index >= 15 is 4.79 Å². The lowest BCUT2D eigenvalue weighted by Crippen LogP contribution is -2.58. The zero-order valence-electron chi connectivity index (χ0n) is 39.8. The van der Waals surface area contributed by atoms with Crippen LogP contribution >= 0.6 is 0 Å². The first-order valence-electron chi connectivity index (χ1n) is 24.9. The number of allylic oxidation sites excluding steroid dienone is 1. The fourth-order valence-electron chi connectivity index (χ4n) is 11.9. The standard InChI is InChI=1S/C58H66O10/c1-36(2)47-24-19-37-17-20-40(21-18-37)48-25-22-42(41-14-10-13-39(30-41)29-38-11-6-4-7-12-38)31-45(48)33-51(61)65-54-52-50(68-58(3,55(54)67-56(47)62)46-15-8-5-9-16-46)26-23-43-32-49(57(63)66-53(43)52)44(27-28-59)34-64-35-60/h4,6-7,10-14,17-18,20-21,23,26,30,32,42,44-46,48,54-55,59-60H,5,8-9,15-16,19,22,24-25,27-29,31,33-35H2,1-3H3/t42-,44+,45-,48+,54+,55-,58-/m0/s1. The molecule has 0 unspecified atom stereocenters. The van der Waals surface area contributed by atoms with Gasteiger partial charge in [0.2, 0.25) is 0 Å². The molecule has 2 N–H and O–H groups in total. The van der Waals surface area contributed by atoms with Gasteiger partial charge in [-0.3, -0.25) is 4.79 Å². The summed E-state index contributed by atoms with van der Waals surface area (Å²) in [6.07, 6.45) is 7.47. The van der Waals surface area contributed by atoms with Gasteiger partial charge in [-0.2, -0.15) is 0 Å². The van der Waals surface area contributed by atoms with E-state index in [1.807, 2.05) is 39.0 Å². The second-order valence-corrected chi connectivity index (χ2v) is 20.2. The van der Waals surface area contributed by atoms with Crippen LogP contribution < -0.4 is 10.4 Å². The number of rotatable bonds is 10. The largest absolute Gasteiger partial charge is 0.483 e. The van der Waals surface area contributed by atoms with Crippen molar-refractivity contribution in [1.29, 1.82) is 0 Å². The average molecular weight is 923 g/mol. The number of carbonyl (C=O) groups is 2. The second kappa shape index (κ2) is 21.0. The van der Waals surface area contributed by atoms with Crippen LogP contribution in [0.15, 0.2) is 117 Å². The molecule has 4 heterocycles. The molecule has 5 aliphatic rings. The first kappa shape index (κ1) is 47.5. The van der Waals surface area contributed by atoms with E-state index in [1.54, 1.807) is 6.07 Å². The van der Waals surface area contributed by atoms with E-state index < -0.39 is 48.1 Å². The van der Waals surface area contributed by atoms with Crippen molar-refractivity contribution in [2.24, 2.45) is 11.8 Å². The normalized spacial score (nSPS) is 25.1. The van der Waals surface area contributed by atoms with Crippen LogP contribution in [-0.2, 0) is 36.6 Å². The van der Waals surface area contributed by atoms with Crippen molar-refractivity contribution in [3.63, 3.8) is 0 Å².